The molecule has 3 fully saturated rings. The number of fused-ring (bicyclic) bond motifs is 2. The maximum atomic E-state index is 13.5. The lowest BCUT2D eigenvalue weighted by molar-refractivity contribution is -0.134. The summed E-state index contributed by atoms with van der Waals surface area (Å²) >= 11 is 0. The van der Waals surface area contributed by atoms with Gasteiger partial charge in [0.25, 0.3) is 5.91 Å². The molecular formula is C29H41N3O6. The van der Waals surface area contributed by atoms with E-state index in [-0.39, 0.29) is 41.9 Å². The number of hydrogen-bond donors (Lipinski definition) is 2. The molecule has 2 N–H and O–H groups in total. The predicted octanol–water partition coefficient (Wildman–Crippen LogP) is 3.52. The summed E-state index contributed by atoms with van der Waals surface area (Å²) in [7, 11) is 1.79. The number of carbonyl (C=O) groups excluding carboxylic acids is 3. The molecule has 38 heavy (non-hydrogen) atoms. The van der Waals surface area contributed by atoms with Gasteiger partial charge in [-0.1, -0.05) is 19.3 Å². The molecule has 1 aliphatic carbocycles. The van der Waals surface area contributed by atoms with Gasteiger partial charge in [-0.15, -0.1) is 0 Å². The van der Waals surface area contributed by atoms with Gasteiger partial charge in [-0.25, -0.2) is 0 Å². The van der Waals surface area contributed by atoms with Crippen LogP contribution in [0.1, 0.15) is 74.6 Å². The first-order chi connectivity index (χ1) is 18.5. The monoisotopic (exact) mass is 527 g/mol. The Morgan fingerprint density at radius 3 is 2.61 bits per heavy atom. The van der Waals surface area contributed by atoms with Gasteiger partial charge in [0.1, 0.15) is 18.5 Å². The van der Waals surface area contributed by atoms with Crippen LogP contribution in [0.5, 0.6) is 5.75 Å². The molecule has 3 amide bonds. The van der Waals surface area contributed by atoms with Crippen molar-refractivity contribution < 1.29 is 28.6 Å². The average molecular weight is 528 g/mol. The van der Waals surface area contributed by atoms with Crippen LogP contribution in [0, 0.1) is 11.8 Å². The molecule has 208 valence electrons. The third-order valence-electron chi connectivity index (χ3n) is 8.60. The van der Waals surface area contributed by atoms with Gasteiger partial charge < -0.3 is 29.7 Å². The van der Waals surface area contributed by atoms with Crippen molar-refractivity contribution in [1.82, 2.24) is 10.2 Å². The summed E-state index contributed by atoms with van der Waals surface area (Å²) in [5.41, 5.74) is 1.02. The van der Waals surface area contributed by atoms with E-state index in [1.54, 1.807) is 30.1 Å². The first-order valence-electron chi connectivity index (χ1n) is 14.3. The highest BCUT2D eigenvalue weighted by molar-refractivity contribution is 6.00. The fraction of sp³-hybridized carbons (Fsp3) is 0.690. The lowest BCUT2D eigenvalue weighted by atomic mass is 9.89. The van der Waals surface area contributed by atoms with Crippen LogP contribution in [0.2, 0.25) is 0 Å². The third-order valence-corrected chi connectivity index (χ3v) is 8.60. The Kier molecular flexibility index (Phi) is 8.84. The Morgan fingerprint density at radius 2 is 1.82 bits per heavy atom. The van der Waals surface area contributed by atoms with Crippen molar-refractivity contribution in [2.45, 2.75) is 82.5 Å². The van der Waals surface area contributed by atoms with Gasteiger partial charge in [-0.2, -0.15) is 0 Å². The number of ether oxygens (including phenoxy) is 3. The summed E-state index contributed by atoms with van der Waals surface area (Å²) in [5.74, 6) is 0.817. The number of likely N-dealkylation sites (N-methyl/N-ethyl adjacent to an activating group) is 1. The lowest BCUT2D eigenvalue weighted by Crippen LogP contribution is -2.54. The van der Waals surface area contributed by atoms with Gasteiger partial charge in [0, 0.05) is 38.4 Å². The molecule has 9 nitrogen and oxygen atoms in total. The summed E-state index contributed by atoms with van der Waals surface area (Å²) in [5, 5.41) is 6.07. The molecule has 0 aromatic heterocycles. The molecule has 0 radical (unpaired) electrons. The predicted molar refractivity (Wildman–Crippen MR) is 142 cm³/mol. The van der Waals surface area contributed by atoms with Gasteiger partial charge in [0.05, 0.1) is 24.1 Å². The van der Waals surface area contributed by atoms with Crippen LogP contribution in [0.15, 0.2) is 18.2 Å². The Hall–Kier alpha value is -2.65. The number of anilines is 1. The molecule has 0 bridgehead atoms. The number of nitrogens with one attached hydrogen (secondary N) is 2. The van der Waals surface area contributed by atoms with Crippen molar-refractivity contribution in [2.24, 2.45) is 11.8 Å². The van der Waals surface area contributed by atoms with Crippen molar-refractivity contribution in [3.05, 3.63) is 23.8 Å². The topological polar surface area (TPSA) is 106 Å². The lowest BCUT2D eigenvalue weighted by Gasteiger charge is -2.42. The number of rotatable bonds is 6. The van der Waals surface area contributed by atoms with Gasteiger partial charge in [0.2, 0.25) is 11.8 Å². The molecule has 1 aromatic carbocycles. The van der Waals surface area contributed by atoms with E-state index in [1.807, 2.05) is 0 Å². The van der Waals surface area contributed by atoms with Crippen LogP contribution < -0.4 is 15.4 Å². The highest BCUT2D eigenvalue weighted by Gasteiger charge is 2.39. The van der Waals surface area contributed by atoms with E-state index < -0.39 is 0 Å². The van der Waals surface area contributed by atoms with E-state index >= 15 is 0 Å². The van der Waals surface area contributed by atoms with E-state index in [9.17, 15) is 14.4 Å². The number of hydrogen-bond acceptors (Lipinski definition) is 6. The van der Waals surface area contributed by atoms with Crippen LogP contribution in [-0.2, 0) is 19.1 Å². The second-order valence-electron chi connectivity index (χ2n) is 11.3. The Morgan fingerprint density at radius 1 is 1.03 bits per heavy atom. The van der Waals surface area contributed by atoms with Crippen molar-refractivity contribution in [1.29, 1.82) is 0 Å². The highest BCUT2D eigenvalue weighted by atomic mass is 16.5. The minimum atomic E-state index is -0.310. The number of amides is 3. The maximum Gasteiger partial charge on any atom is 0.257 e. The Labute approximate surface area is 224 Å². The van der Waals surface area contributed by atoms with E-state index in [1.165, 1.54) is 32.1 Å². The van der Waals surface area contributed by atoms with E-state index in [2.05, 4.69) is 10.6 Å². The van der Waals surface area contributed by atoms with Crippen molar-refractivity contribution in [2.75, 3.05) is 38.7 Å². The van der Waals surface area contributed by atoms with Crippen molar-refractivity contribution in [3.63, 3.8) is 0 Å². The molecule has 3 aliphatic heterocycles. The smallest absolute Gasteiger partial charge is 0.257 e. The SMILES string of the molecule is CN1C(=O)c2cc(NC(=O)C3CCOCC3)ccc2OC[C@H]2O[C@@H](CC(=O)NCC3CCCCC3)CC[C@H]21. The summed E-state index contributed by atoms with van der Waals surface area (Å²) < 4.78 is 17.7. The molecule has 5 rings (SSSR count). The minimum Gasteiger partial charge on any atom is -0.490 e. The van der Waals surface area contributed by atoms with Crippen molar-refractivity contribution >= 4 is 23.4 Å². The zero-order chi connectivity index (χ0) is 26.5. The quantitative estimate of drug-likeness (QED) is 0.587. The molecular weight excluding hydrogens is 486 g/mol. The molecule has 1 aromatic rings. The fourth-order valence-corrected chi connectivity index (χ4v) is 6.24. The molecule has 3 heterocycles. The molecule has 3 atom stereocenters. The van der Waals surface area contributed by atoms with Gasteiger partial charge >= 0.3 is 0 Å². The highest BCUT2D eigenvalue weighted by Crippen LogP contribution is 2.33. The van der Waals surface area contributed by atoms with E-state index in [0.717, 1.165) is 13.0 Å². The summed E-state index contributed by atoms with van der Waals surface area (Å²) in [4.78, 5) is 40.5. The van der Waals surface area contributed by atoms with Crippen LogP contribution in [0.3, 0.4) is 0 Å². The zero-order valence-corrected chi connectivity index (χ0v) is 22.4. The zero-order valence-electron chi connectivity index (χ0n) is 22.4. The van der Waals surface area contributed by atoms with Crippen molar-refractivity contribution in [3.8, 4) is 5.75 Å². The molecule has 9 heteroatoms. The Balaban J connectivity index is 1.18. The second-order valence-corrected chi connectivity index (χ2v) is 11.3. The standard InChI is InChI=1S/C29H41N3O6/c1-32-24-9-8-22(16-27(33)30-17-19-5-3-2-4-6-19)38-26(24)18-37-25-10-7-21(15-23(25)29(32)35)31-28(34)20-11-13-36-14-12-20/h7,10,15,19-20,22,24,26H,2-6,8-9,11-14,16-18H2,1H3,(H,30,33)(H,31,34)/t22-,24-,26-/m1/s1. The van der Waals surface area contributed by atoms with Crippen LogP contribution in [-0.4, -0.2) is 74.3 Å². The summed E-state index contributed by atoms with van der Waals surface area (Å²) in [6.45, 7) is 2.24. The van der Waals surface area contributed by atoms with Gasteiger partial charge in [-0.05, 0) is 62.6 Å². The number of benzene rings is 1. The molecule has 1 saturated carbocycles. The minimum absolute atomic E-state index is 0.0379. The second kappa shape index (κ2) is 12.5. The first-order valence-corrected chi connectivity index (χ1v) is 14.3. The van der Waals surface area contributed by atoms with Gasteiger partial charge in [0.15, 0.2) is 0 Å². The third kappa shape index (κ3) is 6.49. The van der Waals surface area contributed by atoms with Gasteiger partial charge in [-0.3, -0.25) is 14.4 Å². The van der Waals surface area contributed by atoms with E-state index in [0.29, 0.717) is 68.4 Å². The van der Waals surface area contributed by atoms with Crippen LogP contribution in [0.25, 0.3) is 0 Å². The maximum absolute atomic E-state index is 13.5. The fourth-order valence-electron chi connectivity index (χ4n) is 6.24. The normalized spacial score (nSPS) is 26.8. The molecule has 4 aliphatic rings. The van der Waals surface area contributed by atoms with Crippen LogP contribution in [0.4, 0.5) is 5.69 Å². The van der Waals surface area contributed by atoms with E-state index in [4.69, 9.17) is 14.2 Å². The molecule has 0 unspecified atom stereocenters. The van der Waals surface area contributed by atoms with Crippen LogP contribution >= 0.6 is 0 Å². The number of carbonyl (C=O) groups is 3. The Bertz CT molecular complexity index is 1000. The summed E-state index contributed by atoms with van der Waals surface area (Å²) in [6, 6.07) is 5.07. The molecule has 2 saturated heterocycles. The summed E-state index contributed by atoms with van der Waals surface area (Å²) in [6.07, 6.45) is 8.93. The first kappa shape index (κ1) is 26.9. The average Bonchev–Trinajstić information content (AvgIpc) is 2.95. The number of nitrogens with zero attached hydrogens (tertiary/aromatic N) is 1. The molecule has 0 spiro atoms. The largest absolute Gasteiger partial charge is 0.490 e.